The van der Waals surface area contributed by atoms with Gasteiger partial charge in [-0.3, -0.25) is 4.79 Å². The Bertz CT molecular complexity index is 452. The van der Waals surface area contributed by atoms with Crippen molar-refractivity contribution in [3.8, 4) is 0 Å². The van der Waals surface area contributed by atoms with Gasteiger partial charge in [-0.2, -0.15) is 0 Å². The van der Waals surface area contributed by atoms with Crippen LogP contribution in [0.3, 0.4) is 0 Å². The molecule has 0 amide bonds. The summed E-state index contributed by atoms with van der Waals surface area (Å²) < 4.78 is 5.92. The zero-order valence-electron chi connectivity index (χ0n) is 12.2. The summed E-state index contributed by atoms with van der Waals surface area (Å²) in [7, 11) is 0. The van der Waals surface area contributed by atoms with E-state index in [1.807, 2.05) is 13.0 Å². The number of ether oxygens (including phenoxy) is 1. The van der Waals surface area contributed by atoms with Crippen molar-refractivity contribution in [2.24, 2.45) is 0 Å². The van der Waals surface area contributed by atoms with Crippen LogP contribution in [-0.2, 0) is 16.0 Å². The Morgan fingerprint density at radius 2 is 2.05 bits per heavy atom. The molecular formula is C16H24N2O2. The summed E-state index contributed by atoms with van der Waals surface area (Å²) in [5.74, 6) is 0.647. The maximum Gasteiger partial charge on any atom is 0.168 e. The van der Waals surface area contributed by atoms with Crippen LogP contribution in [0.25, 0.3) is 0 Å². The molecule has 1 heterocycles. The highest BCUT2D eigenvalue weighted by atomic mass is 16.5. The minimum Gasteiger partial charge on any atom is -0.384 e. The third-order valence-corrected chi connectivity index (χ3v) is 4.05. The smallest absolute Gasteiger partial charge is 0.168 e. The van der Waals surface area contributed by atoms with Gasteiger partial charge in [0.1, 0.15) is 11.4 Å². The molecule has 2 rings (SSSR count). The van der Waals surface area contributed by atoms with Gasteiger partial charge in [-0.05, 0) is 37.5 Å². The number of carbonyl (C=O) groups is 1. The highest BCUT2D eigenvalue weighted by Crippen LogP contribution is 2.32. The van der Waals surface area contributed by atoms with Gasteiger partial charge in [0.25, 0.3) is 0 Å². The van der Waals surface area contributed by atoms with Crippen LogP contribution in [0, 0.1) is 0 Å². The number of aromatic nitrogens is 1. The fourth-order valence-electron chi connectivity index (χ4n) is 3.03. The highest BCUT2D eigenvalue weighted by Gasteiger charge is 2.38. The van der Waals surface area contributed by atoms with Gasteiger partial charge in [-0.15, -0.1) is 0 Å². The molecule has 0 radical (unpaired) electrons. The summed E-state index contributed by atoms with van der Waals surface area (Å²) in [4.78, 5) is 16.7. The van der Waals surface area contributed by atoms with Crippen LogP contribution in [-0.4, -0.2) is 23.0 Å². The van der Waals surface area contributed by atoms with Gasteiger partial charge in [-0.1, -0.05) is 25.7 Å². The van der Waals surface area contributed by atoms with E-state index in [1.54, 1.807) is 12.3 Å². The Kier molecular flexibility index (Phi) is 5.12. The van der Waals surface area contributed by atoms with Crippen LogP contribution in [0.1, 0.15) is 51.0 Å². The van der Waals surface area contributed by atoms with Gasteiger partial charge in [0.2, 0.25) is 0 Å². The van der Waals surface area contributed by atoms with E-state index in [-0.39, 0.29) is 5.78 Å². The standard InChI is InChI=1S/C16H24N2O2/c1-2-20-16(8-5-3-4-6-9-16)14(19)11-13-7-10-18-15(17)12-13/h7,10,12H,2-6,8-9,11H2,1H3,(H2,17,18). The Morgan fingerprint density at radius 1 is 1.35 bits per heavy atom. The van der Waals surface area contributed by atoms with Gasteiger partial charge < -0.3 is 10.5 Å². The maximum absolute atomic E-state index is 12.8. The topological polar surface area (TPSA) is 65.2 Å². The number of anilines is 1. The summed E-state index contributed by atoms with van der Waals surface area (Å²) >= 11 is 0. The number of rotatable bonds is 5. The first-order valence-corrected chi connectivity index (χ1v) is 7.54. The van der Waals surface area contributed by atoms with Crippen molar-refractivity contribution in [2.45, 2.75) is 57.5 Å². The van der Waals surface area contributed by atoms with Crippen LogP contribution in [0.4, 0.5) is 5.82 Å². The van der Waals surface area contributed by atoms with Gasteiger partial charge in [0.15, 0.2) is 5.78 Å². The third-order valence-electron chi connectivity index (χ3n) is 4.05. The molecule has 1 saturated carbocycles. The molecule has 0 unspecified atom stereocenters. The van der Waals surface area contributed by atoms with Crippen molar-refractivity contribution in [3.05, 3.63) is 23.9 Å². The Hall–Kier alpha value is -1.42. The van der Waals surface area contributed by atoms with Crippen LogP contribution in [0.15, 0.2) is 18.3 Å². The molecule has 0 aliphatic heterocycles. The van der Waals surface area contributed by atoms with E-state index >= 15 is 0 Å². The number of hydrogen-bond donors (Lipinski definition) is 1. The average molecular weight is 276 g/mol. The number of pyridine rings is 1. The fourth-order valence-corrected chi connectivity index (χ4v) is 3.03. The van der Waals surface area contributed by atoms with E-state index in [9.17, 15) is 4.79 Å². The van der Waals surface area contributed by atoms with E-state index in [0.717, 1.165) is 31.2 Å². The molecule has 1 aromatic rings. The molecule has 4 nitrogen and oxygen atoms in total. The molecule has 1 aliphatic carbocycles. The van der Waals surface area contributed by atoms with Gasteiger partial charge in [0, 0.05) is 19.2 Å². The number of Topliss-reactive ketones (excluding diaryl/α,β-unsaturated/α-hetero) is 1. The molecule has 0 aromatic carbocycles. The van der Waals surface area contributed by atoms with Crippen LogP contribution >= 0.6 is 0 Å². The molecule has 1 aliphatic rings. The lowest BCUT2D eigenvalue weighted by atomic mass is 9.86. The lowest BCUT2D eigenvalue weighted by molar-refractivity contribution is -0.145. The molecule has 2 N–H and O–H groups in total. The van der Waals surface area contributed by atoms with Crippen molar-refractivity contribution < 1.29 is 9.53 Å². The molecule has 4 heteroatoms. The van der Waals surface area contributed by atoms with E-state index in [4.69, 9.17) is 10.5 Å². The van der Waals surface area contributed by atoms with Gasteiger partial charge in [0.05, 0.1) is 0 Å². The second-order valence-electron chi connectivity index (χ2n) is 5.53. The summed E-state index contributed by atoms with van der Waals surface area (Å²) in [5.41, 5.74) is 6.02. The third kappa shape index (κ3) is 3.57. The zero-order valence-corrected chi connectivity index (χ0v) is 12.2. The summed E-state index contributed by atoms with van der Waals surface area (Å²) in [5, 5.41) is 0. The van der Waals surface area contributed by atoms with E-state index in [0.29, 0.717) is 18.8 Å². The SMILES string of the molecule is CCOC1(C(=O)Cc2ccnc(N)c2)CCCCCC1. The summed E-state index contributed by atoms with van der Waals surface area (Å²) in [6.07, 6.45) is 8.27. The number of nitrogens with zero attached hydrogens (tertiary/aromatic N) is 1. The van der Waals surface area contributed by atoms with Crippen molar-refractivity contribution in [2.75, 3.05) is 12.3 Å². The Labute approximate surface area is 120 Å². The summed E-state index contributed by atoms with van der Waals surface area (Å²) in [6, 6.07) is 3.62. The molecule has 1 aromatic heterocycles. The molecule has 0 saturated heterocycles. The van der Waals surface area contributed by atoms with Crippen molar-refractivity contribution in [3.63, 3.8) is 0 Å². The zero-order chi connectivity index (χ0) is 14.4. The monoisotopic (exact) mass is 276 g/mol. The second kappa shape index (κ2) is 6.84. The molecule has 0 bridgehead atoms. The lowest BCUT2D eigenvalue weighted by Gasteiger charge is -2.31. The number of nitrogens with two attached hydrogens (primary N) is 1. The Morgan fingerprint density at radius 3 is 2.65 bits per heavy atom. The highest BCUT2D eigenvalue weighted by molar-refractivity contribution is 5.89. The first-order chi connectivity index (χ1) is 9.66. The van der Waals surface area contributed by atoms with E-state index < -0.39 is 5.60 Å². The fraction of sp³-hybridized carbons (Fsp3) is 0.625. The summed E-state index contributed by atoms with van der Waals surface area (Å²) in [6.45, 7) is 2.55. The first-order valence-electron chi connectivity index (χ1n) is 7.54. The minimum absolute atomic E-state index is 0.187. The normalized spacial score (nSPS) is 18.4. The predicted molar refractivity (Wildman–Crippen MR) is 79.4 cm³/mol. The number of carbonyl (C=O) groups excluding carboxylic acids is 1. The molecule has 110 valence electrons. The van der Waals surface area contributed by atoms with E-state index in [1.165, 1.54) is 12.8 Å². The van der Waals surface area contributed by atoms with Crippen LogP contribution < -0.4 is 5.73 Å². The van der Waals surface area contributed by atoms with Gasteiger partial charge >= 0.3 is 0 Å². The number of nitrogen functional groups attached to an aromatic ring is 1. The largest absolute Gasteiger partial charge is 0.384 e. The second-order valence-corrected chi connectivity index (χ2v) is 5.53. The quantitative estimate of drug-likeness (QED) is 0.840. The van der Waals surface area contributed by atoms with Crippen molar-refractivity contribution >= 4 is 11.6 Å². The predicted octanol–water partition coefficient (Wildman–Crippen LogP) is 2.90. The van der Waals surface area contributed by atoms with Gasteiger partial charge in [-0.25, -0.2) is 4.98 Å². The average Bonchev–Trinajstić information content (AvgIpc) is 2.66. The van der Waals surface area contributed by atoms with Crippen molar-refractivity contribution in [1.29, 1.82) is 0 Å². The minimum atomic E-state index is -0.580. The molecule has 20 heavy (non-hydrogen) atoms. The van der Waals surface area contributed by atoms with Crippen LogP contribution in [0.2, 0.25) is 0 Å². The molecule has 1 fully saturated rings. The number of ketones is 1. The maximum atomic E-state index is 12.8. The van der Waals surface area contributed by atoms with Crippen LogP contribution in [0.5, 0.6) is 0 Å². The first kappa shape index (κ1) is 15.0. The molecule has 0 spiro atoms. The molecular weight excluding hydrogens is 252 g/mol. The molecule has 0 atom stereocenters. The number of hydrogen-bond acceptors (Lipinski definition) is 4. The van der Waals surface area contributed by atoms with Crippen molar-refractivity contribution in [1.82, 2.24) is 4.98 Å². The lowest BCUT2D eigenvalue weighted by Crippen LogP contribution is -2.42. The van der Waals surface area contributed by atoms with E-state index in [2.05, 4.69) is 4.98 Å². The Balaban J connectivity index is 2.13.